The number of carbonyl (C=O) groups excluding carboxylic acids is 1. The minimum atomic E-state index is -0.0854. The summed E-state index contributed by atoms with van der Waals surface area (Å²) in [6, 6.07) is 0. The molecular weight excluding hydrogens is 212 g/mol. The molecule has 0 unspecified atom stereocenters. The molecule has 0 aromatic rings. The Labute approximate surface area is 107 Å². The van der Waals surface area contributed by atoms with E-state index < -0.39 is 0 Å². The first-order chi connectivity index (χ1) is 8.11. The number of carbonyl (C=O) groups is 1. The Hall–Kier alpha value is -0.570. The maximum Gasteiger partial charge on any atom is 0.220 e. The molecule has 1 amide bonds. The van der Waals surface area contributed by atoms with Crippen LogP contribution in [0.3, 0.4) is 0 Å². The summed E-state index contributed by atoms with van der Waals surface area (Å²) in [5.41, 5.74) is 5.91. The summed E-state index contributed by atoms with van der Waals surface area (Å²) in [4.78, 5) is 13.5. The Morgan fingerprint density at radius 1 is 1.18 bits per heavy atom. The van der Waals surface area contributed by atoms with Gasteiger partial charge in [0.05, 0.1) is 0 Å². The summed E-state index contributed by atoms with van der Waals surface area (Å²) >= 11 is 0. The van der Waals surface area contributed by atoms with E-state index in [0.717, 1.165) is 12.8 Å². The van der Waals surface area contributed by atoms with E-state index >= 15 is 0 Å². The lowest BCUT2D eigenvalue weighted by Crippen LogP contribution is -2.41. The third-order valence-electron chi connectivity index (χ3n) is 4.50. The first kappa shape index (κ1) is 14.5. The average molecular weight is 242 g/mol. The normalized spacial score (nSPS) is 25.1. The van der Waals surface area contributed by atoms with Gasteiger partial charge in [-0.1, -0.05) is 13.8 Å². The lowest BCUT2D eigenvalue weighted by Gasteiger charge is -2.44. The van der Waals surface area contributed by atoms with Crippen molar-refractivity contribution >= 4 is 5.91 Å². The minimum absolute atomic E-state index is 0. The maximum absolute atomic E-state index is 11.1. The van der Waals surface area contributed by atoms with Crippen molar-refractivity contribution in [2.75, 3.05) is 20.1 Å². The molecule has 1 spiro atoms. The summed E-state index contributed by atoms with van der Waals surface area (Å²) in [7, 11) is 2.20. The fraction of sp³-hybridized carbons (Fsp3) is 0.929. The molecule has 3 nitrogen and oxygen atoms in total. The number of hydrogen-bond donors (Lipinski definition) is 1. The van der Waals surface area contributed by atoms with Crippen molar-refractivity contribution in [3.63, 3.8) is 0 Å². The summed E-state index contributed by atoms with van der Waals surface area (Å²) in [5.74, 6) is 0.0769. The van der Waals surface area contributed by atoms with Crippen molar-refractivity contribution in [1.29, 1.82) is 0 Å². The predicted molar refractivity (Wildman–Crippen MR) is 73.8 cm³/mol. The smallest absolute Gasteiger partial charge is 0.220 e. The van der Waals surface area contributed by atoms with Crippen LogP contribution in [0, 0.1) is 11.3 Å². The van der Waals surface area contributed by atoms with Gasteiger partial charge in [0, 0.05) is 7.34 Å². The number of piperidine rings is 1. The second-order valence-corrected chi connectivity index (χ2v) is 5.48. The van der Waals surface area contributed by atoms with Crippen molar-refractivity contribution < 1.29 is 6.22 Å². The summed E-state index contributed by atoms with van der Waals surface area (Å²) in [6.45, 7) is 6.45. The standard InChI is InChI=1S/C12H22N2O.C2H6.H2/c1-14-8-6-12(7-9-14)4-2-10(3-5-12)11(13)15;1-2;/h10H,2-9H2,1H3,(H2,13,15);1-2H3;1H. The van der Waals surface area contributed by atoms with E-state index in [1.165, 1.54) is 38.8 Å². The van der Waals surface area contributed by atoms with Gasteiger partial charge in [-0.25, -0.2) is 0 Å². The largest absolute Gasteiger partial charge is 0.369 e. The molecule has 0 aromatic carbocycles. The van der Waals surface area contributed by atoms with E-state index in [0.29, 0.717) is 5.41 Å². The number of nitrogens with two attached hydrogens (primary N) is 1. The molecule has 3 heteroatoms. The van der Waals surface area contributed by atoms with Gasteiger partial charge in [0.25, 0.3) is 0 Å². The summed E-state index contributed by atoms with van der Waals surface area (Å²) < 4.78 is 0. The third kappa shape index (κ3) is 3.70. The Balaban J connectivity index is 0.000000917. The monoisotopic (exact) mass is 242 g/mol. The number of likely N-dealkylation sites (tertiary alicyclic amines) is 1. The highest BCUT2D eigenvalue weighted by Gasteiger charge is 2.38. The number of rotatable bonds is 1. The number of primary amides is 1. The van der Waals surface area contributed by atoms with Gasteiger partial charge in [-0.3, -0.25) is 4.79 Å². The third-order valence-corrected chi connectivity index (χ3v) is 4.50. The molecular formula is C14H30N2O. The highest BCUT2D eigenvalue weighted by molar-refractivity contribution is 5.76. The van der Waals surface area contributed by atoms with Crippen LogP contribution in [0.15, 0.2) is 0 Å². The topological polar surface area (TPSA) is 46.3 Å². The minimum Gasteiger partial charge on any atom is -0.369 e. The van der Waals surface area contributed by atoms with E-state index in [-0.39, 0.29) is 13.3 Å². The molecule has 1 aliphatic carbocycles. The molecule has 0 bridgehead atoms. The average Bonchev–Trinajstić information content (AvgIpc) is 2.36. The highest BCUT2D eigenvalue weighted by Crippen LogP contribution is 2.45. The number of nitrogens with zero attached hydrogens (tertiary/aromatic N) is 1. The van der Waals surface area contributed by atoms with Crippen LogP contribution in [-0.4, -0.2) is 30.9 Å². The first-order valence-electron chi connectivity index (χ1n) is 7.09. The lowest BCUT2D eigenvalue weighted by molar-refractivity contribution is -0.123. The Bertz CT molecular complexity index is 240. The molecule has 2 N–H and O–H groups in total. The van der Waals surface area contributed by atoms with E-state index in [1.807, 2.05) is 13.8 Å². The fourth-order valence-electron chi connectivity index (χ4n) is 3.11. The first-order valence-corrected chi connectivity index (χ1v) is 7.09. The van der Waals surface area contributed by atoms with Gasteiger partial charge in [0.1, 0.15) is 0 Å². The molecule has 1 heterocycles. The zero-order valence-electron chi connectivity index (χ0n) is 11.7. The summed E-state index contributed by atoms with van der Waals surface area (Å²) in [6.07, 6.45) is 7.12. The van der Waals surface area contributed by atoms with Crippen LogP contribution in [0.1, 0.15) is 53.8 Å². The SMILES string of the molecule is CC.CN1CCC2(CCC(C(N)=O)CC2)CC1.[HH]. The Morgan fingerprint density at radius 3 is 2.06 bits per heavy atom. The van der Waals surface area contributed by atoms with Crippen molar-refractivity contribution in [1.82, 2.24) is 4.90 Å². The van der Waals surface area contributed by atoms with E-state index in [9.17, 15) is 4.79 Å². The highest BCUT2D eigenvalue weighted by atomic mass is 16.1. The molecule has 1 saturated heterocycles. The molecule has 2 aliphatic rings. The van der Waals surface area contributed by atoms with Crippen molar-refractivity contribution in [3.8, 4) is 0 Å². The molecule has 0 aromatic heterocycles. The maximum atomic E-state index is 11.1. The van der Waals surface area contributed by atoms with Gasteiger partial charge < -0.3 is 10.6 Å². The molecule has 1 aliphatic heterocycles. The Kier molecular flexibility index (Phi) is 5.44. The molecule has 2 fully saturated rings. The quantitative estimate of drug-likeness (QED) is 0.768. The lowest BCUT2D eigenvalue weighted by atomic mass is 9.65. The van der Waals surface area contributed by atoms with E-state index in [1.54, 1.807) is 0 Å². The second kappa shape index (κ2) is 6.39. The van der Waals surface area contributed by atoms with Gasteiger partial charge in [-0.15, -0.1) is 0 Å². The van der Waals surface area contributed by atoms with E-state index in [2.05, 4.69) is 11.9 Å². The van der Waals surface area contributed by atoms with Crippen LogP contribution in [0.4, 0.5) is 0 Å². The number of hydrogen-bond acceptors (Lipinski definition) is 2. The van der Waals surface area contributed by atoms with Crippen LogP contribution in [0.25, 0.3) is 0 Å². The van der Waals surface area contributed by atoms with Gasteiger partial charge >= 0.3 is 0 Å². The van der Waals surface area contributed by atoms with E-state index in [4.69, 9.17) is 5.73 Å². The molecule has 1 saturated carbocycles. The molecule has 0 radical (unpaired) electrons. The zero-order valence-corrected chi connectivity index (χ0v) is 11.7. The molecule has 17 heavy (non-hydrogen) atoms. The summed E-state index contributed by atoms with van der Waals surface area (Å²) in [5, 5.41) is 0. The Morgan fingerprint density at radius 2 is 1.65 bits per heavy atom. The fourth-order valence-corrected chi connectivity index (χ4v) is 3.11. The molecule has 0 atom stereocenters. The van der Waals surface area contributed by atoms with Crippen LogP contribution in [0.5, 0.6) is 0 Å². The van der Waals surface area contributed by atoms with Gasteiger partial charge in [0.2, 0.25) is 5.91 Å². The van der Waals surface area contributed by atoms with Crippen LogP contribution in [0.2, 0.25) is 0 Å². The number of amides is 1. The molecule has 2 rings (SSSR count). The van der Waals surface area contributed by atoms with Gasteiger partial charge in [-0.2, -0.15) is 0 Å². The van der Waals surface area contributed by atoms with Crippen LogP contribution < -0.4 is 5.73 Å². The predicted octanol–water partition coefficient (Wildman–Crippen LogP) is 2.65. The van der Waals surface area contributed by atoms with Gasteiger partial charge in [-0.05, 0) is 64.1 Å². The zero-order chi connectivity index (χ0) is 12.9. The van der Waals surface area contributed by atoms with Crippen molar-refractivity contribution in [2.24, 2.45) is 17.1 Å². The second-order valence-electron chi connectivity index (χ2n) is 5.48. The van der Waals surface area contributed by atoms with Crippen LogP contribution in [-0.2, 0) is 4.79 Å². The van der Waals surface area contributed by atoms with Crippen molar-refractivity contribution in [3.05, 3.63) is 0 Å². The van der Waals surface area contributed by atoms with Crippen molar-refractivity contribution in [2.45, 2.75) is 52.4 Å². The molecule has 102 valence electrons. The van der Waals surface area contributed by atoms with Gasteiger partial charge in [0.15, 0.2) is 0 Å². The van der Waals surface area contributed by atoms with Crippen LogP contribution >= 0.6 is 0 Å².